The number of aryl methyl sites for hydroxylation is 1. The normalized spacial score (nSPS) is 13.2. The van der Waals surface area contributed by atoms with E-state index in [0.717, 1.165) is 24.2 Å². The zero-order valence-corrected chi connectivity index (χ0v) is 16.4. The van der Waals surface area contributed by atoms with Gasteiger partial charge in [-0.15, -0.1) is 0 Å². The molecule has 1 aromatic heterocycles. The minimum atomic E-state index is -0.438. The molecule has 0 radical (unpaired) electrons. The number of amides is 2. The lowest BCUT2D eigenvalue weighted by molar-refractivity contribution is 0.261. The van der Waals surface area contributed by atoms with Gasteiger partial charge in [-0.05, 0) is 56.9 Å². The van der Waals surface area contributed by atoms with Gasteiger partial charge in [0.1, 0.15) is 11.6 Å². The van der Waals surface area contributed by atoms with E-state index in [1.807, 2.05) is 44.2 Å². The van der Waals surface area contributed by atoms with Crippen molar-refractivity contribution in [2.75, 3.05) is 17.2 Å². The molecule has 4 rings (SSSR count). The Morgan fingerprint density at radius 3 is 2.66 bits per heavy atom. The Morgan fingerprint density at radius 2 is 1.93 bits per heavy atom. The van der Waals surface area contributed by atoms with Crippen molar-refractivity contribution >= 4 is 17.4 Å². The Balaban J connectivity index is 1.50. The van der Waals surface area contributed by atoms with E-state index >= 15 is 0 Å². The fourth-order valence-electron chi connectivity index (χ4n) is 3.12. The number of nitrogens with one attached hydrogen (secondary N) is 2. The maximum Gasteiger partial charge on any atom is 0.323 e. The van der Waals surface area contributed by atoms with Crippen LogP contribution in [0.2, 0.25) is 0 Å². The number of hydrogen-bond donors (Lipinski definition) is 2. The molecule has 29 heavy (non-hydrogen) atoms. The smallest absolute Gasteiger partial charge is 0.323 e. The lowest BCUT2D eigenvalue weighted by Gasteiger charge is -2.13. The molecule has 0 saturated heterocycles. The van der Waals surface area contributed by atoms with Crippen LogP contribution in [-0.2, 0) is 0 Å². The first-order valence-corrected chi connectivity index (χ1v) is 9.63. The van der Waals surface area contributed by atoms with E-state index in [1.54, 1.807) is 4.68 Å². The predicted octanol–water partition coefficient (Wildman–Crippen LogP) is 5.06. The number of urea groups is 1. The molecule has 0 bridgehead atoms. The standard InChI is InChI=1S/C22H23FN4O2/c1-14-21(15(2)27(26-14)18-6-4-3-5-7-18)25-22(28)24-19-11-10-17(23)12-20(19)29-13-16-8-9-16/h3-7,10-12,16H,8-9,13H2,1-2H3,(H2,24,25,28). The van der Waals surface area contributed by atoms with Gasteiger partial charge in [-0.2, -0.15) is 5.10 Å². The lowest BCUT2D eigenvalue weighted by atomic mass is 10.2. The maximum atomic E-state index is 13.6. The first-order valence-electron chi connectivity index (χ1n) is 9.63. The fourth-order valence-corrected chi connectivity index (χ4v) is 3.12. The summed E-state index contributed by atoms with van der Waals surface area (Å²) in [7, 11) is 0. The van der Waals surface area contributed by atoms with Gasteiger partial charge in [-0.3, -0.25) is 0 Å². The molecule has 1 aliphatic carbocycles. The van der Waals surface area contributed by atoms with Crippen molar-refractivity contribution in [1.82, 2.24) is 9.78 Å². The van der Waals surface area contributed by atoms with Crippen LogP contribution in [0.4, 0.5) is 20.6 Å². The van der Waals surface area contributed by atoms with Crippen LogP contribution in [-0.4, -0.2) is 22.4 Å². The van der Waals surface area contributed by atoms with Crippen molar-refractivity contribution in [3.05, 3.63) is 65.7 Å². The minimum Gasteiger partial charge on any atom is -0.491 e. The van der Waals surface area contributed by atoms with Gasteiger partial charge < -0.3 is 15.4 Å². The Kier molecular flexibility index (Phi) is 5.20. The number of carbonyl (C=O) groups excluding carboxylic acids is 1. The molecule has 2 aromatic carbocycles. The number of rotatable bonds is 6. The summed E-state index contributed by atoms with van der Waals surface area (Å²) in [6.07, 6.45) is 2.26. The molecule has 2 N–H and O–H groups in total. The number of carbonyl (C=O) groups is 1. The van der Waals surface area contributed by atoms with Crippen LogP contribution in [0.1, 0.15) is 24.2 Å². The predicted molar refractivity (Wildman–Crippen MR) is 110 cm³/mol. The average Bonchev–Trinajstić information content (AvgIpc) is 3.50. The van der Waals surface area contributed by atoms with Crippen molar-refractivity contribution in [2.24, 2.45) is 5.92 Å². The fraction of sp³-hybridized carbons (Fsp3) is 0.273. The minimum absolute atomic E-state index is 0.334. The number of nitrogens with zero attached hydrogens (tertiary/aromatic N) is 2. The quantitative estimate of drug-likeness (QED) is 0.614. The number of aromatic nitrogens is 2. The number of para-hydroxylation sites is 1. The van der Waals surface area contributed by atoms with Gasteiger partial charge in [0, 0.05) is 6.07 Å². The van der Waals surface area contributed by atoms with E-state index in [4.69, 9.17) is 4.74 Å². The van der Waals surface area contributed by atoms with Crippen molar-refractivity contribution in [2.45, 2.75) is 26.7 Å². The molecule has 1 fully saturated rings. The van der Waals surface area contributed by atoms with Crippen LogP contribution in [0.5, 0.6) is 5.75 Å². The van der Waals surface area contributed by atoms with Crippen LogP contribution in [0.3, 0.4) is 0 Å². The van der Waals surface area contributed by atoms with Crippen molar-refractivity contribution < 1.29 is 13.9 Å². The molecular formula is C22H23FN4O2. The van der Waals surface area contributed by atoms with Crippen molar-refractivity contribution in [3.63, 3.8) is 0 Å². The molecule has 1 saturated carbocycles. The van der Waals surface area contributed by atoms with Gasteiger partial charge in [0.2, 0.25) is 0 Å². The van der Waals surface area contributed by atoms with Crippen molar-refractivity contribution in [1.29, 1.82) is 0 Å². The highest BCUT2D eigenvalue weighted by Crippen LogP contribution is 2.32. The second-order valence-electron chi connectivity index (χ2n) is 7.27. The summed E-state index contributed by atoms with van der Waals surface area (Å²) >= 11 is 0. The maximum absolute atomic E-state index is 13.6. The molecule has 2 amide bonds. The van der Waals surface area contributed by atoms with Gasteiger partial charge in [0.05, 0.1) is 35.1 Å². The Hall–Kier alpha value is -3.35. The second kappa shape index (κ2) is 7.95. The van der Waals surface area contributed by atoms with Crippen LogP contribution >= 0.6 is 0 Å². The molecule has 1 aliphatic rings. The summed E-state index contributed by atoms with van der Waals surface area (Å²) in [5.74, 6) is 0.451. The second-order valence-corrected chi connectivity index (χ2v) is 7.27. The van der Waals surface area contributed by atoms with E-state index in [9.17, 15) is 9.18 Å². The average molecular weight is 394 g/mol. The van der Waals surface area contributed by atoms with Crippen molar-refractivity contribution in [3.8, 4) is 11.4 Å². The first-order chi connectivity index (χ1) is 14.0. The van der Waals surface area contributed by atoms with Gasteiger partial charge in [0.15, 0.2) is 0 Å². The van der Waals surface area contributed by atoms with E-state index in [0.29, 0.717) is 35.3 Å². The number of anilines is 2. The van der Waals surface area contributed by atoms with Gasteiger partial charge in [-0.25, -0.2) is 13.9 Å². The molecule has 150 valence electrons. The molecule has 0 atom stereocenters. The number of benzene rings is 2. The molecule has 6 nitrogen and oxygen atoms in total. The molecule has 1 heterocycles. The summed E-state index contributed by atoms with van der Waals surface area (Å²) < 4.78 is 21.1. The highest BCUT2D eigenvalue weighted by Gasteiger charge is 2.23. The van der Waals surface area contributed by atoms with E-state index in [2.05, 4.69) is 15.7 Å². The molecule has 0 spiro atoms. The third-order valence-corrected chi connectivity index (χ3v) is 4.89. The molecular weight excluding hydrogens is 371 g/mol. The molecule has 0 unspecified atom stereocenters. The first kappa shape index (κ1) is 19.0. The van der Waals surface area contributed by atoms with Gasteiger partial charge in [-0.1, -0.05) is 18.2 Å². The topological polar surface area (TPSA) is 68.2 Å². The zero-order chi connectivity index (χ0) is 20.4. The van der Waals surface area contributed by atoms with Gasteiger partial charge >= 0.3 is 6.03 Å². The number of ether oxygens (including phenoxy) is 1. The number of halogens is 1. The molecule has 0 aliphatic heterocycles. The van der Waals surface area contributed by atoms with Crippen LogP contribution < -0.4 is 15.4 Å². The highest BCUT2D eigenvalue weighted by atomic mass is 19.1. The molecule has 3 aromatic rings. The van der Waals surface area contributed by atoms with Crippen LogP contribution in [0.25, 0.3) is 5.69 Å². The van der Waals surface area contributed by atoms with E-state index in [-0.39, 0.29) is 0 Å². The monoisotopic (exact) mass is 394 g/mol. The molecule has 7 heteroatoms. The third kappa shape index (κ3) is 4.39. The third-order valence-electron chi connectivity index (χ3n) is 4.89. The highest BCUT2D eigenvalue weighted by molar-refractivity contribution is 6.01. The lowest BCUT2D eigenvalue weighted by Crippen LogP contribution is -2.21. The summed E-state index contributed by atoms with van der Waals surface area (Å²) in [5, 5.41) is 10.1. The largest absolute Gasteiger partial charge is 0.491 e. The zero-order valence-electron chi connectivity index (χ0n) is 16.4. The summed E-state index contributed by atoms with van der Waals surface area (Å²) in [6.45, 7) is 4.26. The van der Waals surface area contributed by atoms with Gasteiger partial charge in [0.25, 0.3) is 0 Å². The summed E-state index contributed by atoms with van der Waals surface area (Å²) in [5.41, 5.74) is 3.49. The SMILES string of the molecule is Cc1nn(-c2ccccc2)c(C)c1NC(=O)Nc1ccc(F)cc1OCC1CC1. The Morgan fingerprint density at radius 1 is 1.17 bits per heavy atom. The van der Waals surface area contributed by atoms with E-state index < -0.39 is 11.8 Å². The van der Waals surface area contributed by atoms with Crippen LogP contribution in [0, 0.1) is 25.6 Å². The summed E-state index contributed by atoms with van der Waals surface area (Å²) in [6, 6.07) is 13.4. The van der Waals surface area contributed by atoms with E-state index in [1.165, 1.54) is 18.2 Å². The van der Waals surface area contributed by atoms with Crippen LogP contribution in [0.15, 0.2) is 48.5 Å². The Bertz CT molecular complexity index is 1030. The Labute approximate surface area is 168 Å². The summed E-state index contributed by atoms with van der Waals surface area (Å²) in [4.78, 5) is 12.6. The number of hydrogen-bond acceptors (Lipinski definition) is 3.